The number of aliphatic hydroxyl groups is 1. The number of hydrogen-bond acceptors (Lipinski definition) is 2. The lowest BCUT2D eigenvalue weighted by Crippen LogP contribution is -2.44. The van der Waals surface area contributed by atoms with Gasteiger partial charge in [-0.3, -0.25) is 0 Å². The van der Waals surface area contributed by atoms with Gasteiger partial charge in [0.2, 0.25) is 0 Å². The Morgan fingerprint density at radius 2 is 2.04 bits per heavy atom. The molecule has 122 valence electrons. The minimum atomic E-state index is -1.28. The zero-order valence-electron chi connectivity index (χ0n) is 14.2. The minimum Gasteiger partial charge on any atom is -0.508 e. The van der Waals surface area contributed by atoms with Crippen molar-refractivity contribution in [2.45, 2.75) is 39.2 Å². The molecule has 2 rings (SSSR count). The van der Waals surface area contributed by atoms with Gasteiger partial charge in [0.15, 0.2) is 0 Å². The highest BCUT2D eigenvalue weighted by Gasteiger charge is 2.48. The van der Waals surface area contributed by atoms with Crippen molar-refractivity contribution >= 4 is 0 Å². The average Bonchev–Trinajstić information content (AvgIpc) is 2.55. The lowest BCUT2D eigenvalue weighted by Gasteiger charge is -2.45. The predicted molar refractivity (Wildman–Crippen MR) is 96.2 cm³/mol. The van der Waals surface area contributed by atoms with Crippen molar-refractivity contribution in [3.05, 3.63) is 77.9 Å². The predicted octanol–water partition coefficient (Wildman–Crippen LogP) is 5.01. The van der Waals surface area contributed by atoms with E-state index in [0.29, 0.717) is 12.0 Å². The molecule has 1 aliphatic carbocycles. The average molecular weight is 310 g/mol. The van der Waals surface area contributed by atoms with Crippen LogP contribution < -0.4 is 0 Å². The van der Waals surface area contributed by atoms with E-state index < -0.39 is 11.0 Å². The molecule has 0 aliphatic heterocycles. The standard InChI is InChI=1S/C21H26O2/c1-4-5-7-12-17(2)21(23,18-13-8-9-14-19(18)22)20(3)15-10-6-11-16-20/h5-15,22-23H,4,16H2,1-3H3/b7-5-,17-12+. The van der Waals surface area contributed by atoms with Crippen molar-refractivity contribution in [1.82, 2.24) is 0 Å². The third-order valence-corrected chi connectivity index (χ3v) is 4.66. The largest absolute Gasteiger partial charge is 0.508 e. The summed E-state index contributed by atoms with van der Waals surface area (Å²) in [5.41, 5.74) is -0.453. The van der Waals surface area contributed by atoms with E-state index in [1.54, 1.807) is 18.2 Å². The Morgan fingerprint density at radius 3 is 2.65 bits per heavy atom. The number of rotatable bonds is 5. The van der Waals surface area contributed by atoms with Crippen LogP contribution in [0.3, 0.4) is 0 Å². The number of phenols is 1. The van der Waals surface area contributed by atoms with Crippen molar-refractivity contribution in [1.29, 1.82) is 0 Å². The molecule has 0 saturated heterocycles. The van der Waals surface area contributed by atoms with Crippen LogP contribution in [0.15, 0.2) is 72.4 Å². The molecule has 2 unspecified atom stereocenters. The third kappa shape index (κ3) is 3.18. The van der Waals surface area contributed by atoms with Gasteiger partial charge in [0.25, 0.3) is 0 Å². The van der Waals surface area contributed by atoms with E-state index in [1.807, 2.05) is 56.4 Å². The third-order valence-electron chi connectivity index (χ3n) is 4.66. The van der Waals surface area contributed by atoms with Crippen LogP contribution in [0, 0.1) is 5.41 Å². The summed E-state index contributed by atoms with van der Waals surface area (Å²) < 4.78 is 0. The first-order valence-corrected chi connectivity index (χ1v) is 8.15. The smallest absolute Gasteiger partial charge is 0.123 e. The molecule has 0 bridgehead atoms. The fraction of sp³-hybridized carbons (Fsp3) is 0.333. The van der Waals surface area contributed by atoms with Crippen LogP contribution in [-0.2, 0) is 5.60 Å². The fourth-order valence-electron chi connectivity index (χ4n) is 3.21. The van der Waals surface area contributed by atoms with Crippen molar-refractivity contribution in [3.8, 4) is 5.75 Å². The molecule has 0 saturated carbocycles. The highest BCUT2D eigenvalue weighted by Crippen LogP contribution is 2.51. The Labute approximate surface area is 139 Å². The van der Waals surface area contributed by atoms with E-state index >= 15 is 0 Å². The molecule has 0 radical (unpaired) electrons. The monoisotopic (exact) mass is 310 g/mol. The van der Waals surface area contributed by atoms with Crippen LogP contribution in [0.4, 0.5) is 0 Å². The minimum absolute atomic E-state index is 0.117. The number of para-hydroxylation sites is 1. The lowest BCUT2D eigenvalue weighted by atomic mass is 9.63. The van der Waals surface area contributed by atoms with Gasteiger partial charge in [-0.25, -0.2) is 0 Å². The quantitative estimate of drug-likeness (QED) is 0.750. The number of aromatic hydroxyl groups is 1. The van der Waals surface area contributed by atoms with Crippen LogP contribution in [0.25, 0.3) is 0 Å². The number of hydrogen-bond donors (Lipinski definition) is 2. The molecular formula is C21H26O2. The summed E-state index contributed by atoms with van der Waals surface area (Å²) >= 11 is 0. The van der Waals surface area contributed by atoms with Gasteiger partial charge in [0, 0.05) is 11.0 Å². The summed E-state index contributed by atoms with van der Waals surface area (Å²) in [6.45, 7) is 6.02. The van der Waals surface area contributed by atoms with Crippen molar-refractivity contribution in [2.75, 3.05) is 0 Å². The summed E-state index contributed by atoms with van der Waals surface area (Å²) in [5, 5.41) is 22.1. The van der Waals surface area contributed by atoms with Gasteiger partial charge in [-0.2, -0.15) is 0 Å². The second-order valence-electron chi connectivity index (χ2n) is 6.32. The molecule has 2 nitrogen and oxygen atoms in total. The van der Waals surface area contributed by atoms with Gasteiger partial charge < -0.3 is 10.2 Å². The second kappa shape index (κ2) is 7.01. The zero-order chi connectivity index (χ0) is 16.9. The molecule has 0 aromatic heterocycles. The van der Waals surface area contributed by atoms with E-state index in [2.05, 4.69) is 13.0 Å². The first kappa shape index (κ1) is 17.3. The summed E-state index contributed by atoms with van der Waals surface area (Å²) in [5.74, 6) is 0.117. The van der Waals surface area contributed by atoms with E-state index in [1.165, 1.54) is 0 Å². The van der Waals surface area contributed by atoms with Crippen molar-refractivity contribution < 1.29 is 10.2 Å². The number of benzene rings is 1. The van der Waals surface area contributed by atoms with Gasteiger partial charge in [-0.05, 0) is 31.4 Å². The molecular weight excluding hydrogens is 284 g/mol. The number of allylic oxidation sites excluding steroid dienone is 6. The van der Waals surface area contributed by atoms with Crippen molar-refractivity contribution in [2.24, 2.45) is 5.41 Å². The van der Waals surface area contributed by atoms with Crippen molar-refractivity contribution in [3.63, 3.8) is 0 Å². The highest BCUT2D eigenvalue weighted by molar-refractivity contribution is 5.47. The summed E-state index contributed by atoms with van der Waals surface area (Å²) in [6.07, 6.45) is 15.6. The molecule has 23 heavy (non-hydrogen) atoms. The topological polar surface area (TPSA) is 40.5 Å². The molecule has 0 heterocycles. The van der Waals surface area contributed by atoms with Crippen LogP contribution >= 0.6 is 0 Å². The van der Waals surface area contributed by atoms with Gasteiger partial charge in [0.05, 0.1) is 0 Å². The van der Waals surface area contributed by atoms with Gasteiger partial charge >= 0.3 is 0 Å². The molecule has 0 amide bonds. The maximum atomic E-state index is 11.8. The first-order chi connectivity index (χ1) is 11.0. The molecule has 0 spiro atoms. The zero-order valence-corrected chi connectivity index (χ0v) is 14.2. The Morgan fingerprint density at radius 1 is 1.30 bits per heavy atom. The van der Waals surface area contributed by atoms with Gasteiger partial charge in [-0.1, -0.05) is 74.6 Å². The van der Waals surface area contributed by atoms with Gasteiger partial charge in [-0.15, -0.1) is 0 Å². The Bertz CT molecular complexity index is 666. The molecule has 1 aromatic carbocycles. The van der Waals surface area contributed by atoms with Crippen LogP contribution in [0.2, 0.25) is 0 Å². The Kier molecular flexibility index (Phi) is 5.27. The van der Waals surface area contributed by atoms with E-state index in [4.69, 9.17) is 0 Å². The fourth-order valence-corrected chi connectivity index (χ4v) is 3.21. The van der Waals surface area contributed by atoms with Crippen LogP contribution in [-0.4, -0.2) is 10.2 Å². The lowest BCUT2D eigenvalue weighted by molar-refractivity contribution is -0.0237. The van der Waals surface area contributed by atoms with E-state index in [-0.39, 0.29) is 5.75 Å². The Balaban J connectivity index is 2.62. The summed E-state index contributed by atoms with van der Waals surface area (Å²) in [6, 6.07) is 7.05. The first-order valence-electron chi connectivity index (χ1n) is 8.15. The molecule has 0 fully saturated rings. The maximum Gasteiger partial charge on any atom is 0.123 e. The van der Waals surface area contributed by atoms with Crippen LogP contribution in [0.5, 0.6) is 5.75 Å². The molecule has 1 aromatic rings. The van der Waals surface area contributed by atoms with Crippen LogP contribution in [0.1, 0.15) is 39.2 Å². The summed E-state index contributed by atoms with van der Waals surface area (Å²) in [4.78, 5) is 0. The summed E-state index contributed by atoms with van der Waals surface area (Å²) in [7, 11) is 0. The molecule has 1 aliphatic rings. The normalized spacial score (nSPS) is 24.1. The van der Waals surface area contributed by atoms with E-state index in [0.717, 1.165) is 12.0 Å². The highest BCUT2D eigenvalue weighted by atomic mass is 16.3. The van der Waals surface area contributed by atoms with Gasteiger partial charge in [0.1, 0.15) is 11.4 Å². The molecule has 2 heteroatoms. The number of phenolic OH excluding ortho intramolecular Hbond substituents is 1. The van der Waals surface area contributed by atoms with E-state index in [9.17, 15) is 10.2 Å². The second-order valence-corrected chi connectivity index (χ2v) is 6.32. The molecule has 2 atom stereocenters. The molecule has 2 N–H and O–H groups in total. The SMILES string of the molecule is CC/C=C\C=C(/C)C(O)(c1ccccc1O)C1(C)C=CC=CC1. The maximum absolute atomic E-state index is 11.8. The Hall–Kier alpha value is -2.06.